The lowest BCUT2D eigenvalue weighted by Gasteiger charge is -2.30. The van der Waals surface area contributed by atoms with Crippen LogP contribution in [0.5, 0.6) is 0 Å². The van der Waals surface area contributed by atoms with Crippen LogP contribution in [0.3, 0.4) is 0 Å². The van der Waals surface area contributed by atoms with Gasteiger partial charge in [-0.2, -0.15) is 10.2 Å². The Balaban J connectivity index is 1.28. The van der Waals surface area contributed by atoms with Crippen molar-refractivity contribution in [2.45, 2.75) is 31.7 Å². The molecule has 1 fully saturated rings. The molecule has 0 atom stereocenters. The molecule has 1 saturated carbocycles. The average molecular weight is 442 g/mol. The molecule has 4 aromatic rings. The lowest BCUT2D eigenvalue weighted by molar-refractivity contribution is 0.216. The fraction of sp³-hybridized carbons (Fsp3) is 0.385. The van der Waals surface area contributed by atoms with E-state index < -0.39 is 0 Å². The highest BCUT2D eigenvalue weighted by molar-refractivity contribution is 5.70. The van der Waals surface area contributed by atoms with Gasteiger partial charge < -0.3 is 4.90 Å². The molecule has 3 aromatic heterocycles. The van der Waals surface area contributed by atoms with Gasteiger partial charge in [0.2, 0.25) is 0 Å². The predicted molar refractivity (Wildman–Crippen MR) is 130 cm³/mol. The molecular weight excluding hydrogens is 410 g/mol. The van der Waals surface area contributed by atoms with Crippen LogP contribution in [0.2, 0.25) is 0 Å². The molecule has 0 aliphatic heterocycles. The summed E-state index contributed by atoms with van der Waals surface area (Å²) in [6.45, 7) is 1.19. The summed E-state index contributed by atoms with van der Waals surface area (Å²) in [6, 6.07) is 8.76. The minimum atomic E-state index is 0.493. The van der Waals surface area contributed by atoms with Crippen molar-refractivity contribution in [3.05, 3.63) is 61.4 Å². The first-order chi connectivity index (χ1) is 16.0. The van der Waals surface area contributed by atoms with Gasteiger partial charge in [-0.05, 0) is 57.3 Å². The topological polar surface area (TPSA) is 64.7 Å². The minimum absolute atomic E-state index is 0.493. The second-order valence-corrected chi connectivity index (χ2v) is 9.42. The van der Waals surface area contributed by atoms with Crippen LogP contribution >= 0.6 is 0 Å². The Bertz CT molecular complexity index is 1200. The van der Waals surface area contributed by atoms with Crippen LogP contribution < -0.4 is 0 Å². The van der Waals surface area contributed by atoms with Crippen LogP contribution in [0.1, 0.15) is 31.7 Å². The third-order valence-corrected chi connectivity index (χ3v) is 6.56. The highest BCUT2D eigenvalue weighted by atomic mass is 15.3. The second-order valence-electron chi connectivity index (χ2n) is 9.42. The molecule has 0 saturated heterocycles. The molecule has 0 unspecified atom stereocenters. The Kier molecular flexibility index (Phi) is 6.05. The van der Waals surface area contributed by atoms with Crippen molar-refractivity contribution in [2.75, 3.05) is 20.6 Å². The van der Waals surface area contributed by atoms with Crippen LogP contribution in [0, 0.1) is 5.92 Å². The molecule has 33 heavy (non-hydrogen) atoms. The molecule has 5 rings (SSSR count). The standard InChI is InChI=1S/C26H31N7/c1-31(2)16-19-7-9-25(10-8-19)33-18-24(15-30-33)22-12-27-26(28-13-22)21-6-4-5-20(11-21)23-14-29-32(3)17-23/h4-6,11-15,17-19,25H,7-10,16H2,1-3H3. The van der Waals surface area contributed by atoms with Crippen LogP contribution in [0.4, 0.5) is 0 Å². The van der Waals surface area contributed by atoms with E-state index in [0.717, 1.165) is 39.6 Å². The number of rotatable bonds is 6. The SMILES string of the molecule is CN(C)CC1CCC(n2cc(-c3cnc(-c4cccc(-c5cnn(C)c5)c4)nc3)cn2)CC1. The lowest BCUT2D eigenvalue weighted by Crippen LogP contribution is -2.26. The number of hydrogen-bond acceptors (Lipinski definition) is 5. The molecule has 0 N–H and O–H groups in total. The van der Waals surface area contributed by atoms with Gasteiger partial charge >= 0.3 is 0 Å². The van der Waals surface area contributed by atoms with Gasteiger partial charge in [0.1, 0.15) is 0 Å². The van der Waals surface area contributed by atoms with E-state index in [1.807, 2.05) is 54.8 Å². The normalized spacial score (nSPS) is 18.7. The van der Waals surface area contributed by atoms with Gasteiger partial charge in [-0.3, -0.25) is 9.36 Å². The van der Waals surface area contributed by atoms with E-state index in [1.165, 1.54) is 32.2 Å². The fourth-order valence-corrected chi connectivity index (χ4v) is 4.83. The molecule has 0 bridgehead atoms. The second kappa shape index (κ2) is 9.27. The minimum Gasteiger partial charge on any atom is -0.309 e. The third-order valence-electron chi connectivity index (χ3n) is 6.56. The number of hydrogen-bond donors (Lipinski definition) is 0. The van der Waals surface area contributed by atoms with Crippen molar-refractivity contribution in [3.63, 3.8) is 0 Å². The maximum absolute atomic E-state index is 4.67. The Labute approximate surface area is 195 Å². The largest absolute Gasteiger partial charge is 0.309 e. The Morgan fingerprint density at radius 1 is 0.818 bits per heavy atom. The zero-order valence-electron chi connectivity index (χ0n) is 19.6. The summed E-state index contributed by atoms with van der Waals surface area (Å²) in [5, 5.41) is 8.94. The summed E-state index contributed by atoms with van der Waals surface area (Å²) in [5.41, 5.74) is 5.25. The van der Waals surface area contributed by atoms with E-state index in [9.17, 15) is 0 Å². The molecule has 0 spiro atoms. The van der Waals surface area contributed by atoms with E-state index in [2.05, 4.69) is 62.2 Å². The number of nitrogens with zero attached hydrogens (tertiary/aromatic N) is 7. The maximum atomic E-state index is 4.67. The van der Waals surface area contributed by atoms with E-state index >= 15 is 0 Å². The highest BCUT2D eigenvalue weighted by Gasteiger charge is 2.23. The van der Waals surface area contributed by atoms with Gasteiger partial charge in [0.15, 0.2) is 5.82 Å². The van der Waals surface area contributed by atoms with Crippen LogP contribution in [0.25, 0.3) is 33.6 Å². The molecular formula is C26H31N7. The molecule has 7 heteroatoms. The van der Waals surface area contributed by atoms with Gasteiger partial charge in [-0.25, -0.2) is 9.97 Å². The lowest BCUT2D eigenvalue weighted by atomic mass is 9.86. The smallest absolute Gasteiger partial charge is 0.159 e. The van der Waals surface area contributed by atoms with Gasteiger partial charge in [-0.1, -0.05) is 18.2 Å². The predicted octanol–water partition coefficient (Wildman–Crippen LogP) is 4.70. The van der Waals surface area contributed by atoms with Gasteiger partial charge in [-0.15, -0.1) is 0 Å². The number of aryl methyl sites for hydroxylation is 1. The quantitative estimate of drug-likeness (QED) is 0.434. The summed E-state index contributed by atoms with van der Waals surface area (Å²) in [5.74, 6) is 1.53. The van der Waals surface area contributed by atoms with Crippen LogP contribution in [0.15, 0.2) is 61.4 Å². The van der Waals surface area contributed by atoms with E-state index in [4.69, 9.17) is 0 Å². The molecule has 0 amide bonds. The first-order valence-electron chi connectivity index (χ1n) is 11.7. The Morgan fingerprint density at radius 2 is 1.52 bits per heavy atom. The third kappa shape index (κ3) is 4.88. The fourth-order valence-electron chi connectivity index (χ4n) is 4.83. The van der Waals surface area contributed by atoms with Crippen molar-refractivity contribution in [1.29, 1.82) is 0 Å². The Morgan fingerprint density at radius 3 is 2.21 bits per heavy atom. The van der Waals surface area contributed by atoms with E-state index in [1.54, 1.807) is 0 Å². The van der Waals surface area contributed by atoms with Crippen molar-refractivity contribution in [1.82, 2.24) is 34.4 Å². The van der Waals surface area contributed by atoms with E-state index in [-0.39, 0.29) is 0 Å². The Hall–Kier alpha value is -3.32. The summed E-state index contributed by atoms with van der Waals surface area (Å²) < 4.78 is 3.95. The maximum Gasteiger partial charge on any atom is 0.159 e. The number of aromatic nitrogens is 6. The van der Waals surface area contributed by atoms with Crippen LogP contribution in [-0.2, 0) is 7.05 Å². The molecule has 1 aliphatic rings. The van der Waals surface area contributed by atoms with Crippen molar-refractivity contribution < 1.29 is 0 Å². The molecule has 7 nitrogen and oxygen atoms in total. The monoisotopic (exact) mass is 441 g/mol. The highest BCUT2D eigenvalue weighted by Crippen LogP contribution is 2.33. The van der Waals surface area contributed by atoms with Crippen molar-refractivity contribution in [3.8, 4) is 33.6 Å². The zero-order valence-corrected chi connectivity index (χ0v) is 19.6. The first-order valence-corrected chi connectivity index (χ1v) is 11.7. The molecule has 1 aliphatic carbocycles. The summed E-state index contributed by atoms with van der Waals surface area (Å²) in [6.07, 6.45) is 16.7. The van der Waals surface area contributed by atoms with Gasteiger partial charge in [0.05, 0.1) is 18.4 Å². The number of benzene rings is 1. The van der Waals surface area contributed by atoms with E-state index in [0.29, 0.717) is 6.04 Å². The zero-order chi connectivity index (χ0) is 22.8. The summed E-state index contributed by atoms with van der Waals surface area (Å²) in [4.78, 5) is 11.6. The first kappa shape index (κ1) is 21.5. The molecule has 3 heterocycles. The average Bonchev–Trinajstić information content (AvgIpc) is 3.49. The molecule has 0 radical (unpaired) electrons. The summed E-state index contributed by atoms with van der Waals surface area (Å²) in [7, 11) is 6.25. The molecule has 1 aromatic carbocycles. The molecule has 170 valence electrons. The summed E-state index contributed by atoms with van der Waals surface area (Å²) >= 11 is 0. The van der Waals surface area contributed by atoms with Crippen LogP contribution in [-0.4, -0.2) is 55.1 Å². The van der Waals surface area contributed by atoms with Gasteiger partial charge in [0.25, 0.3) is 0 Å². The van der Waals surface area contributed by atoms with Crippen molar-refractivity contribution >= 4 is 0 Å². The van der Waals surface area contributed by atoms with Gasteiger partial charge in [0, 0.05) is 60.6 Å². The van der Waals surface area contributed by atoms with Crippen molar-refractivity contribution in [2.24, 2.45) is 13.0 Å².